The van der Waals surface area contributed by atoms with Crippen molar-refractivity contribution in [2.24, 2.45) is 0 Å². The molecule has 0 bridgehead atoms. The van der Waals surface area contributed by atoms with E-state index in [0.29, 0.717) is 12.6 Å². The number of aromatic nitrogens is 1. The van der Waals surface area contributed by atoms with Gasteiger partial charge in [-0.25, -0.2) is 0 Å². The smallest absolute Gasteiger partial charge is 0.236 e. The first-order chi connectivity index (χ1) is 13.1. The molecule has 1 fully saturated rings. The third-order valence-electron chi connectivity index (χ3n) is 6.02. The van der Waals surface area contributed by atoms with Gasteiger partial charge in [0, 0.05) is 63.7 Å². The molecule has 5 nitrogen and oxygen atoms in total. The van der Waals surface area contributed by atoms with Crippen LogP contribution in [0.3, 0.4) is 0 Å². The standard InChI is InChI=1S/C22H30N4O/c1-18-5-3-6-20(15-18)16-23-9-11-25(12-10-23)22(27)17-26-14-13-24-8-4-7-21(24)19(26)2/h3-8,15,19H,9-14,16-17H2,1-2H3. The second kappa shape index (κ2) is 7.87. The molecule has 0 aliphatic carbocycles. The summed E-state index contributed by atoms with van der Waals surface area (Å²) in [6.45, 7) is 11.4. The van der Waals surface area contributed by atoms with Crippen molar-refractivity contribution in [3.05, 3.63) is 59.4 Å². The van der Waals surface area contributed by atoms with E-state index in [2.05, 4.69) is 70.8 Å². The first kappa shape index (κ1) is 18.3. The zero-order chi connectivity index (χ0) is 18.8. The number of rotatable bonds is 4. The lowest BCUT2D eigenvalue weighted by atomic mass is 10.1. The van der Waals surface area contributed by atoms with Crippen molar-refractivity contribution in [3.63, 3.8) is 0 Å². The molecule has 1 atom stereocenters. The number of nitrogens with zero attached hydrogens (tertiary/aromatic N) is 4. The van der Waals surface area contributed by atoms with Gasteiger partial charge < -0.3 is 9.47 Å². The van der Waals surface area contributed by atoms with Gasteiger partial charge in [0.15, 0.2) is 0 Å². The van der Waals surface area contributed by atoms with Gasteiger partial charge in [-0.1, -0.05) is 29.8 Å². The van der Waals surface area contributed by atoms with E-state index in [1.54, 1.807) is 0 Å². The largest absolute Gasteiger partial charge is 0.349 e. The van der Waals surface area contributed by atoms with Crippen LogP contribution < -0.4 is 0 Å². The van der Waals surface area contributed by atoms with E-state index in [1.165, 1.54) is 16.8 Å². The Balaban J connectivity index is 1.28. The summed E-state index contributed by atoms with van der Waals surface area (Å²) < 4.78 is 2.30. The average molecular weight is 367 g/mol. The van der Waals surface area contributed by atoms with Gasteiger partial charge in [0.1, 0.15) is 0 Å². The molecule has 4 rings (SSSR count). The van der Waals surface area contributed by atoms with Crippen molar-refractivity contribution in [1.29, 1.82) is 0 Å². The molecule has 144 valence electrons. The molecule has 3 heterocycles. The second-order valence-electron chi connectivity index (χ2n) is 7.92. The van der Waals surface area contributed by atoms with Crippen LogP contribution in [0.4, 0.5) is 0 Å². The minimum absolute atomic E-state index is 0.275. The highest BCUT2D eigenvalue weighted by Gasteiger charge is 2.28. The Morgan fingerprint density at radius 1 is 1.04 bits per heavy atom. The Bertz CT molecular complexity index is 791. The van der Waals surface area contributed by atoms with Gasteiger partial charge in [-0.2, -0.15) is 0 Å². The third kappa shape index (κ3) is 4.09. The molecule has 2 aliphatic heterocycles. The first-order valence-corrected chi connectivity index (χ1v) is 10.0. The second-order valence-corrected chi connectivity index (χ2v) is 7.92. The lowest BCUT2D eigenvalue weighted by molar-refractivity contribution is -0.135. The molecule has 0 saturated carbocycles. The zero-order valence-corrected chi connectivity index (χ0v) is 16.5. The predicted octanol–water partition coefficient (Wildman–Crippen LogP) is 2.52. The van der Waals surface area contributed by atoms with E-state index < -0.39 is 0 Å². The van der Waals surface area contributed by atoms with Crippen LogP contribution in [0.1, 0.15) is 29.8 Å². The summed E-state index contributed by atoms with van der Waals surface area (Å²) in [5, 5.41) is 0. The summed E-state index contributed by atoms with van der Waals surface area (Å²) in [6.07, 6.45) is 2.14. The maximum absolute atomic E-state index is 12.8. The van der Waals surface area contributed by atoms with E-state index in [0.717, 1.165) is 45.8 Å². The molecule has 1 aromatic heterocycles. The van der Waals surface area contributed by atoms with Crippen LogP contribution in [0.2, 0.25) is 0 Å². The summed E-state index contributed by atoms with van der Waals surface area (Å²) in [4.78, 5) is 19.6. The van der Waals surface area contributed by atoms with Gasteiger partial charge in [0.25, 0.3) is 0 Å². The number of piperazine rings is 1. The van der Waals surface area contributed by atoms with Crippen LogP contribution in [-0.2, 0) is 17.9 Å². The minimum Gasteiger partial charge on any atom is -0.349 e. The Morgan fingerprint density at radius 3 is 2.63 bits per heavy atom. The first-order valence-electron chi connectivity index (χ1n) is 10.0. The van der Waals surface area contributed by atoms with Gasteiger partial charge in [-0.05, 0) is 31.5 Å². The van der Waals surface area contributed by atoms with E-state index in [1.807, 2.05) is 4.90 Å². The number of hydrogen-bond donors (Lipinski definition) is 0. The summed E-state index contributed by atoms with van der Waals surface area (Å²) in [7, 11) is 0. The lowest BCUT2D eigenvalue weighted by Gasteiger charge is -2.38. The van der Waals surface area contributed by atoms with Crippen molar-refractivity contribution in [1.82, 2.24) is 19.3 Å². The number of aryl methyl sites for hydroxylation is 1. The Morgan fingerprint density at radius 2 is 1.85 bits per heavy atom. The zero-order valence-electron chi connectivity index (χ0n) is 16.5. The number of hydrogen-bond acceptors (Lipinski definition) is 3. The molecular formula is C22H30N4O. The van der Waals surface area contributed by atoms with Crippen LogP contribution in [-0.4, -0.2) is 64.4 Å². The molecule has 1 amide bonds. The molecule has 0 radical (unpaired) electrons. The molecule has 0 N–H and O–H groups in total. The summed E-state index contributed by atoms with van der Waals surface area (Å²) in [6, 6.07) is 13.3. The quantitative estimate of drug-likeness (QED) is 0.833. The van der Waals surface area contributed by atoms with Gasteiger partial charge in [-0.3, -0.25) is 14.6 Å². The fourth-order valence-corrected chi connectivity index (χ4v) is 4.34. The number of amides is 1. The van der Waals surface area contributed by atoms with Crippen LogP contribution in [0, 0.1) is 6.92 Å². The third-order valence-corrected chi connectivity index (χ3v) is 6.02. The van der Waals surface area contributed by atoms with Crippen LogP contribution in [0.5, 0.6) is 0 Å². The number of fused-ring (bicyclic) bond motifs is 1. The van der Waals surface area contributed by atoms with Crippen molar-refractivity contribution >= 4 is 5.91 Å². The van der Waals surface area contributed by atoms with Crippen molar-refractivity contribution in [3.8, 4) is 0 Å². The molecule has 5 heteroatoms. The maximum Gasteiger partial charge on any atom is 0.236 e. The molecule has 1 saturated heterocycles. The van der Waals surface area contributed by atoms with E-state index in [9.17, 15) is 4.79 Å². The maximum atomic E-state index is 12.8. The summed E-state index contributed by atoms with van der Waals surface area (Å²) in [5.74, 6) is 0.275. The summed E-state index contributed by atoms with van der Waals surface area (Å²) >= 11 is 0. The van der Waals surface area contributed by atoms with Gasteiger partial charge >= 0.3 is 0 Å². The number of carbonyl (C=O) groups excluding carboxylic acids is 1. The highest BCUT2D eigenvalue weighted by molar-refractivity contribution is 5.78. The van der Waals surface area contributed by atoms with Crippen molar-refractivity contribution in [2.75, 3.05) is 39.3 Å². The Labute approximate surface area is 162 Å². The lowest BCUT2D eigenvalue weighted by Crippen LogP contribution is -2.51. The van der Waals surface area contributed by atoms with Gasteiger partial charge in [0.05, 0.1) is 6.54 Å². The molecule has 1 aromatic carbocycles. The van der Waals surface area contributed by atoms with Crippen molar-refractivity contribution < 1.29 is 4.79 Å². The highest BCUT2D eigenvalue weighted by Crippen LogP contribution is 2.25. The molecular weight excluding hydrogens is 336 g/mol. The molecule has 1 unspecified atom stereocenters. The average Bonchev–Trinajstić information content (AvgIpc) is 3.14. The van der Waals surface area contributed by atoms with Crippen molar-refractivity contribution in [2.45, 2.75) is 33.0 Å². The molecule has 0 spiro atoms. The van der Waals surface area contributed by atoms with Crippen LogP contribution in [0.25, 0.3) is 0 Å². The number of benzene rings is 1. The molecule has 2 aliphatic rings. The van der Waals surface area contributed by atoms with Crippen LogP contribution in [0.15, 0.2) is 42.6 Å². The topological polar surface area (TPSA) is 31.7 Å². The Kier molecular flexibility index (Phi) is 5.32. The van der Waals surface area contributed by atoms with E-state index >= 15 is 0 Å². The molecule has 2 aromatic rings. The Hall–Kier alpha value is -2.11. The van der Waals surface area contributed by atoms with E-state index in [4.69, 9.17) is 0 Å². The monoisotopic (exact) mass is 366 g/mol. The summed E-state index contributed by atoms with van der Waals surface area (Å²) in [5.41, 5.74) is 3.99. The fraction of sp³-hybridized carbons (Fsp3) is 0.500. The molecule has 27 heavy (non-hydrogen) atoms. The minimum atomic E-state index is 0.275. The predicted molar refractivity (Wildman–Crippen MR) is 107 cm³/mol. The normalized spacial score (nSPS) is 21.3. The number of carbonyl (C=O) groups is 1. The SMILES string of the molecule is Cc1cccc(CN2CCN(C(=O)CN3CCn4cccc4C3C)CC2)c1. The highest BCUT2D eigenvalue weighted by atomic mass is 16.2. The van der Waals surface area contributed by atoms with Gasteiger partial charge in [0.2, 0.25) is 5.91 Å². The van der Waals surface area contributed by atoms with Crippen LogP contribution >= 0.6 is 0 Å². The fourth-order valence-electron chi connectivity index (χ4n) is 4.34. The van der Waals surface area contributed by atoms with Gasteiger partial charge in [-0.15, -0.1) is 0 Å². The van der Waals surface area contributed by atoms with E-state index in [-0.39, 0.29) is 5.91 Å².